The number of aromatic nitrogens is 1. The first-order chi connectivity index (χ1) is 12.7. The number of aryl methyl sites for hydroxylation is 1. The lowest BCUT2D eigenvalue weighted by atomic mass is 9.93. The molecule has 1 aromatic heterocycles. The van der Waals surface area contributed by atoms with Crippen LogP contribution in [0.25, 0.3) is 0 Å². The Morgan fingerprint density at radius 1 is 1.22 bits per heavy atom. The van der Waals surface area contributed by atoms with Crippen molar-refractivity contribution in [1.29, 1.82) is 0 Å². The van der Waals surface area contributed by atoms with Gasteiger partial charge in [-0.1, -0.05) is 0 Å². The first-order valence-corrected chi connectivity index (χ1v) is 9.69. The van der Waals surface area contributed by atoms with Gasteiger partial charge < -0.3 is 19.9 Å². The molecule has 150 valence electrons. The van der Waals surface area contributed by atoms with Crippen LogP contribution in [0.15, 0.2) is 0 Å². The Labute approximate surface area is 160 Å². The molecule has 7 nitrogen and oxygen atoms in total. The van der Waals surface area contributed by atoms with Gasteiger partial charge in [-0.2, -0.15) is 0 Å². The second kappa shape index (κ2) is 9.06. The number of rotatable bonds is 6. The number of likely N-dealkylation sites (tertiary alicyclic amines) is 1. The van der Waals surface area contributed by atoms with Crippen molar-refractivity contribution < 1.29 is 19.1 Å². The van der Waals surface area contributed by atoms with Crippen molar-refractivity contribution >= 4 is 17.8 Å². The van der Waals surface area contributed by atoms with Crippen molar-refractivity contribution in [2.45, 2.75) is 59.9 Å². The highest BCUT2D eigenvalue weighted by atomic mass is 16.5. The minimum absolute atomic E-state index is 0.0738. The lowest BCUT2D eigenvalue weighted by molar-refractivity contribution is -0.122. The van der Waals surface area contributed by atoms with Gasteiger partial charge in [0.1, 0.15) is 5.69 Å². The van der Waals surface area contributed by atoms with Crippen LogP contribution in [0.4, 0.5) is 0 Å². The molecule has 0 spiro atoms. The minimum atomic E-state index is -0.405. The third kappa shape index (κ3) is 5.11. The fourth-order valence-electron chi connectivity index (χ4n) is 3.61. The summed E-state index contributed by atoms with van der Waals surface area (Å²) < 4.78 is 5.08. The Morgan fingerprint density at radius 2 is 1.85 bits per heavy atom. The summed E-state index contributed by atoms with van der Waals surface area (Å²) in [6.07, 6.45) is 2.12. The van der Waals surface area contributed by atoms with Crippen LogP contribution in [0.3, 0.4) is 0 Å². The number of hydrogen-bond donors (Lipinski definition) is 2. The van der Waals surface area contributed by atoms with E-state index >= 15 is 0 Å². The van der Waals surface area contributed by atoms with E-state index in [2.05, 4.69) is 10.3 Å². The molecule has 2 rings (SSSR count). The van der Waals surface area contributed by atoms with Gasteiger partial charge >= 0.3 is 5.97 Å². The van der Waals surface area contributed by atoms with E-state index in [4.69, 9.17) is 4.74 Å². The van der Waals surface area contributed by atoms with Crippen LogP contribution >= 0.6 is 0 Å². The number of nitrogens with zero attached hydrogens (tertiary/aromatic N) is 1. The SMILES string of the molecule is CCOC(=O)c1c(C)[nH]c(C(=O)N2CCC(CC(=O)NC(C)C)CC2)c1C. The molecule has 0 unspecified atom stereocenters. The summed E-state index contributed by atoms with van der Waals surface area (Å²) in [4.78, 5) is 41.8. The molecule has 2 N–H and O–H groups in total. The van der Waals surface area contributed by atoms with Gasteiger partial charge in [-0.15, -0.1) is 0 Å². The van der Waals surface area contributed by atoms with Gasteiger partial charge in [0.05, 0.1) is 12.2 Å². The van der Waals surface area contributed by atoms with Gasteiger partial charge in [-0.3, -0.25) is 9.59 Å². The van der Waals surface area contributed by atoms with Crippen LogP contribution < -0.4 is 5.32 Å². The molecular formula is C20H31N3O4. The molecule has 1 aromatic rings. The number of amides is 2. The van der Waals surface area contributed by atoms with Gasteiger partial charge in [0, 0.05) is 31.2 Å². The number of ether oxygens (including phenoxy) is 1. The molecule has 0 saturated carbocycles. The van der Waals surface area contributed by atoms with E-state index in [1.807, 2.05) is 13.8 Å². The summed E-state index contributed by atoms with van der Waals surface area (Å²) in [6, 6.07) is 0.145. The largest absolute Gasteiger partial charge is 0.462 e. The Hall–Kier alpha value is -2.31. The minimum Gasteiger partial charge on any atom is -0.462 e. The van der Waals surface area contributed by atoms with Crippen LogP contribution in [0, 0.1) is 19.8 Å². The number of hydrogen-bond acceptors (Lipinski definition) is 4. The summed E-state index contributed by atoms with van der Waals surface area (Å²) in [5, 5.41) is 2.92. The van der Waals surface area contributed by atoms with Crippen molar-refractivity contribution in [3.63, 3.8) is 0 Å². The number of carbonyl (C=O) groups is 3. The highest BCUT2D eigenvalue weighted by molar-refractivity contribution is 6.00. The van der Waals surface area contributed by atoms with Gasteiger partial charge in [-0.05, 0) is 58.9 Å². The number of piperidine rings is 1. The quantitative estimate of drug-likeness (QED) is 0.746. The van der Waals surface area contributed by atoms with E-state index in [9.17, 15) is 14.4 Å². The zero-order valence-corrected chi connectivity index (χ0v) is 17.0. The molecule has 0 radical (unpaired) electrons. The topological polar surface area (TPSA) is 91.5 Å². The van der Waals surface area contributed by atoms with Crippen LogP contribution in [-0.4, -0.2) is 53.4 Å². The van der Waals surface area contributed by atoms with E-state index in [0.29, 0.717) is 54.5 Å². The van der Waals surface area contributed by atoms with E-state index in [1.165, 1.54) is 0 Å². The van der Waals surface area contributed by atoms with Crippen LogP contribution in [0.2, 0.25) is 0 Å². The van der Waals surface area contributed by atoms with Crippen LogP contribution in [-0.2, 0) is 9.53 Å². The average molecular weight is 377 g/mol. The molecule has 1 aliphatic heterocycles. The van der Waals surface area contributed by atoms with Crippen molar-refractivity contribution in [3.05, 3.63) is 22.5 Å². The van der Waals surface area contributed by atoms with Crippen molar-refractivity contribution in [2.75, 3.05) is 19.7 Å². The Morgan fingerprint density at radius 3 is 2.41 bits per heavy atom. The fraction of sp³-hybridized carbons (Fsp3) is 0.650. The lowest BCUT2D eigenvalue weighted by Crippen LogP contribution is -2.40. The molecule has 27 heavy (non-hydrogen) atoms. The molecule has 1 fully saturated rings. The Kier molecular flexibility index (Phi) is 7.05. The van der Waals surface area contributed by atoms with Crippen LogP contribution in [0.5, 0.6) is 0 Å². The van der Waals surface area contributed by atoms with E-state index in [-0.39, 0.29) is 17.9 Å². The molecule has 0 aliphatic carbocycles. The maximum atomic E-state index is 12.9. The highest BCUT2D eigenvalue weighted by Crippen LogP contribution is 2.25. The highest BCUT2D eigenvalue weighted by Gasteiger charge is 2.29. The Balaban J connectivity index is 1.99. The molecule has 2 heterocycles. The first-order valence-electron chi connectivity index (χ1n) is 9.69. The predicted octanol–water partition coefficient (Wildman–Crippen LogP) is 2.58. The summed E-state index contributed by atoms with van der Waals surface area (Å²) in [6.45, 7) is 10.7. The maximum Gasteiger partial charge on any atom is 0.340 e. The number of aromatic amines is 1. The summed E-state index contributed by atoms with van der Waals surface area (Å²) >= 11 is 0. The summed E-state index contributed by atoms with van der Waals surface area (Å²) in [5.41, 5.74) is 2.18. The number of H-pyrrole nitrogens is 1. The monoisotopic (exact) mass is 377 g/mol. The molecule has 7 heteroatoms. The zero-order valence-electron chi connectivity index (χ0n) is 17.0. The van der Waals surface area contributed by atoms with E-state index in [0.717, 1.165) is 12.8 Å². The number of carbonyl (C=O) groups excluding carboxylic acids is 3. The third-order valence-electron chi connectivity index (χ3n) is 4.96. The van der Waals surface area contributed by atoms with Gasteiger partial charge in [0.25, 0.3) is 5.91 Å². The average Bonchev–Trinajstić information content (AvgIpc) is 2.89. The standard InChI is InChI=1S/C20H31N3O4/c1-6-27-20(26)17-13(4)18(22-14(17)5)19(25)23-9-7-15(8-10-23)11-16(24)21-12(2)3/h12,15,22H,6-11H2,1-5H3,(H,21,24). The number of nitrogens with one attached hydrogen (secondary N) is 2. The zero-order chi connectivity index (χ0) is 20.1. The molecule has 1 aliphatic rings. The first kappa shape index (κ1) is 21.0. The normalized spacial score (nSPS) is 15.1. The predicted molar refractivity (Wildman–Crippen MR) is 103 cm³/mol. The molecule has 0 aromatic carbocycles. The summed E-state index contributed by atoms with van der Waals surface area (Å²) in [5.74, 6) is -0.132. The van der Waals surface area contributed by atoms with Crippen molar-refractivity contribution in [3.8, 4) is 0 Å². The smallest absolute Gasteiger partial charge is 0.340 e. The molecule has 2 amide bonds. The van der Waals surface area contributed by atoms with Crippen molar-refractivity contribution in [1.82, 2.24) is 15.2 Å². The molecule has 1 saturated heterocycles. The van der Waals surface area contributed by atoms with Gasteiger partial charge in [0.2, 0.25) is 5.91 Å². The Bertz CT molecular complexity index is 700. The van der Waals surface area contributed by atoms with E-state index < -0.39 is 5.97 Å². The van der Waals surface area contributed by atoms with Crippen LogP contribution in [0.1, 0.15) is 72.1 Å². The fourth-order valence-corrected chi connectivity index (χ4v) is 3.61. The van der Waals surface area contributed by atoms with Crippen molar-refractivity contribution in [2.24, 2.45) is 5.92 Å². The second-order valence-corrected chi connectivity index (χ2v) is 7.51. The maximum absolute atomic E-state index is 12.9. The van der Waals surface area contributed by atoms with E-state index in [1.54, 1.807) is 25.7 Å². The third-order valence-corrected chi connectivity index (χ3v) is 4.96. The molecular weight excluding hydrogens is 346 g/mol. The lowest BCUT2D eigenvalue weighted by Gasteiger charge is -2.31. The summed E-state index contributed by atoms with van der Waals surface area (Å²) in [7, 11) is 0. The number of esters is 1. The molecule has 0 atom stereocenters. The molecule has 0 bridgehead atoms. The second-order valence-electron chi connectivity index (χ2n) is 7.51. The van der Waals surface area contributed by atoms with Gasteiger partial charge in [-0.25, -0.2) is 4.79 Å². The van der Waals surface area contributed by atoms with Gasteiger partial charge in [0.15, 0.2) is 0 Å².